The lowest BCUT2D eigenvalue weighted by Gasteiger charge is -2.27. The predicted octanol–water partition coefficient (Wildman–Crippen LogP) is 6.74. The van der Waals surface area contributed by atoms with Crippen LogP contribution < -0.4 is 20.1 Å². The van der Waals surface area contributed by atoms with Crippen LogP contribution in [0.5, 0.6) is 11.5 Å². The summed E-state index contributed by atoms with van der Waals surface area (Å²) in [5.74, 6) is 1.42. The van der Waals surface area contributed by atoms with E-state index in [4.69, 9.17) is 9.47 Å². The van der Waals surface area contributed by atoms with Gasteiger partial charge in [0, 0.05) is 48.9 Å². The number of fused-ring (bicyclic) bond motifs is 8. The van der Waals surface area contributed by atoms with E-state index in [1.165, 1.54) is 44.8 Å². The molecule has 2 amide bonds. The van der Waals surface area contributed by atoms with Gasteiger partial charge in [0.25, 0.3) is 0 Å². The number of nitrogens with zero attached hydrogens (tertiary/aromatic N) is 10. The number of carbonyl (C=O) groups excluding carboxylic acids is 2. The average Bonchev–Trinajstić information content (AvgIpc) is 4.10. The Hall–Kier alpha value is -6.23. The summed E-state index contributed by atoms with van der Waals surface area (Å²) in [5, 5.41) is 26.3. The Balaban J connectivity index is 0.000000164. The zero-order valence-electron chi connectivity index (χ0n) is 34.7. The molecule has 63 heavy (non-hydrogen) atoms. The summed E-state index contributed by atoms with van der Waals surface area (Å²) in [6, 6.07) is 7.62. The first-order chi connectivity index (χ1) is 30.5. The van der Waals surface area contributed by atoms with Gasteiger partial charge in [-0.3, -0.25) is 14.4 Å². The van der Waals surface area contributed by atoms with E-state index in [1.807, 2.05) is 24.3 Å². The molecule has 0 aliphatic heterocycles. The highest BCUT2D eigenvalue weighted by atomic mass is 32.1. The summed E-state index contributed by atoms with van der Waals surface area (Å²) in [6.45, 7) is 0.0859. The first kappa shape index (κ1) is 42.1. The Labute approximate surface area is 375 Å². The van der Waals surface area contributed by atoms with Crippen molar-refractivity contribution >= 4 is 127 Å². The molecule has 324 valence electrons. The van der Waals surface area contributed by atoms with Crippen molar-refractivity contribution in [2.45, 2.75) is 38.5 Å². The van der Waals surface area contributed by atoms with Crippen LogP contribution in [0.3, 0.4) is 0 Å². The van der Waals surface area contributed by atoms with Crippen molar-refractivity contribution in [3.8, 4) is 11.5 Å². The number of aromatic nitrogens is 8. The fourth-order valence-electron chi connectivity index (χ4n) is 7.97. The minimum Gasteiger partial charge on any atom is -0.494 e. The maximum Gasteiger partial charge on any atom is 0.306 e. The van der Waals surface area contributed by atoms with Crippen molar-refractivity contribution < 1.29 is 29.0 Å². The Kier molecular flexibility index (Phi) is 11.7. The van der Waals surface area contributed by atoms with E-state index < -0.39 is 5.97 Å². The van der Waals surface area contributed by atoms with Gasteiger partial charge in [0.05, 0.1) is 58.2 Å². The van der Waals surface area contributed by atoms with Gasteiger partial charge < -0.3 is 35.0 Å². The molecule has 0 spiro atoms. The molecule has 0 bridgehead atoms. The number of benzene rings is 2. The summed E-state index contributed by atoms with van der Waals surface area (Å²) in [5.41, 5.74) is 5.46. The third-order valence-corrected chi connectivity index (χ3v) is 15.0. The number of aliphatic carboxylic acids is 1. The summed E-state index contributed by atoms with van der Waals surface area (Å²) in [4.78, 5) is 61.4. The van der Waals surface area contributed by atoms with Crippen LogP contribution in [0.25, 0.3) is 40.9 Å². The maximum atomic E-state index is 13.0. The minimum absolute atomic E-state index is 0.00365. The number of nitrogens with one attached hydrogen (secondary N) is 2. The number of hydrogen-bond acceptors (Lipinski definition) is 19. The summed E-state index contributed by atoms with van der Waals surface area (Å²) in [6.07, 6.45) is 7.07. The van der Waals surface area contributed by atoms with Crippen LogP contribution in [-0.4, -0.2) is 114 Å². The van der Waals surface area contributed by atoms with Crippen molar-refractivity contribution in [2.24, 2.45) is 11.8 Å². The van der Waals surface area contributed by atoms with Gasteiger partial charge in [0.15, 0.2) is 0 Å². The molecule has 3 N–H and O–H groups in total. The van der Waals surface area contributed by atoms with Crippen LogP contribution in [0, 0.1) is 11.8 Å². The van der Waals surface area contributed by atoms with Crippen LogP contribution in [0.4, 0.5) is 23.0 Å². The minimum atomic E-state index is -0.733. The van der Waals surface area contributed by atoms with E-state index in [0.717, 1.165) is 74.0 Å². The van der Waals surface area contributed by atoms with Crippen LogP contribution in [0.1, 0.15) is 33.7 Å². The van der Waals surface area contributed by atoms with Gasteiger partial charge in [-0.2, -0.15) is 0 Å². The lowest BCUT2D eigenvalue weighted by Crippen LogP contribution is -2.41. The molecule has 0 saturated carbocycles. The Morgan fingerprint density at radius 2 is 1.22 bits per heavy atom. The second-order valence-electron chi connectivity index (χ2n) is 15.3. The number of ether oxygens (including phenoxy) is 2. The molecule has 22 heteroatoms. The number of amides is 2. The smallest absolute Gasteiger partial charge is 0.306 e. The molecular formula is C41H40N12O6S4. The fraction of sp³-hybridized carbons (Fsp3) is 0.341. The van der Waals surface area contributed by atoms with E-state index in [9.17, 15) is 19.5 Å². The highest BCUT2D eigenvalue weighted by molar-refractivity contribution is 7.19. The lowest BCUT2D eigenvalue weighted by atomic mass is 9.87. The third kappa shape index (κ3) is 8.25. The normalized spacial score (nSPS) is 15.6. The van der Waals surface area contributed by atoms with Crippen molar-refractivity contribution in [3.63, 3.8) is 0 Å². The van der Waals surface area contributed by atoms with E-state index in [-0.39, 0.29) is 30.2 Å². The lowest BCUT2D eigenvalue weighted by molar-refractivity contribution is -0.142. The topological polar surface area (TPSA) is 224 Å². The van der Waals surface area contributed by atoms with Gasteiger partial charge in [-0.05, 0) is 84.8 Å². The van der Waals surface area contributed by atoms with Crippen LogP contribution in [0.15, 0.2) is 36.9 Å². The van der Waals surface area contributed by atoms with E-state index in [0.29, 0.717) is 55.2 Å². The monoisotopic (exact) mass is 924 g/mol. The molecule has 2 aliphatic rings. The molecule has 10 rings (SSSR count). The molecule has 6 aromatic heterocycles. The van der Waals surface area contributed by atoms with Gasteiger partial charge in [-0.1, -0.05) is 8.98 Å². The summed E-state index contributed by atoms with van der Waals surface area (Å²) in [7, 11) is 8.31. The second-order valence-corrected chi connectivity index (χ2v) is 19.1. The molecule has 2 atom stereocenters. The van der Waals surface area contributed by atoms with Gasteiger partial charge in [-0.25, -0.2) is 19.9 Å². The number of anilines is 4. The molecule has 0 fully saturated rings. The van der Waals surface area contributed by atoms with Crippen molar-refractivity contribution in [1.82, 2.24) is 48.9 Å². The van der Waals surface area contributed by atoms with Gasteiger partial charge >= 0.3 is 5.97 Å². The molecule has 2 aliphatic carbocycles. The predicted molar refractivity (Wildman–Crippen MR) is 244 cm³/mol. The van der Waals surface area contributed by atoms with E-state index in [2.05, 4.69) is 49.7 Å². The quantitative estimate of drug-likeness (QED) is 0.129. The third-order valence-electron chi connectivity index (χ3n) is 11.3. The number of carboxylic acids is 1. The second kappa shape index (κ2) is 17.5. The highest BCUT2D eigenvalue weighted by Crippen LogP contribution is 2.44. The number of aryl methyl sites for hydroxylation is 2. The summed E-state index contributed by atoms with van der Waals surface area (Å²) >= 11 is 5.80. The SMILES string of the molecule is COc1cc2nnsc2cc1Nc1ncnc2sc3c(c12)CC[C@H](C(=O)N(C)CC(=O)N(C)C)C3.COc1cc2nnsc2cc1Nc1ncnc2sc3c(c12)CC[C@H](C(=O)O)C3. The number of thiophene rings is 2. The average molecular weight is 925 g/mol. The van der Waals surface area contributed by atoms with Crippen molar-refractivity contribution in [2.75, 3.05) is 52.5 Å². The Bertz CT molecular complexity index is 3060. The Morgan fingerprint density at radius 3 is 1.70 bits per heavy atom. The molecule has 0 unspecified atom stereocenters. The van der Waals surface area contributed by atoms with Gasteiger partial charge in [0.2, 0.25) is 11.8 Å². The van der Waals surface area contributed by atoms with E-state index in [1.54, 1.807) is 64.4 Å². The number of hydrogen-bond donors (Lipinski definition) is 3. The van der Waals surface area contributed by atoms with Gasteiger partial charge in [-0.15, -0.1) is 32.9 Å². The molecule has 0 radical (unpaired) electrons. The van der Waals surface area contributed by atoms with Gasteiger partial charge in [0.1, 0.15) is 56.5 Å². The van der Waals surface area contributed by atoms with Crippen LogP contribution >= 0.6 is 45.7 Å². The first-order valence-corrected chi connectivity index (χ1v) is 23.0. The number of carbonyl (C=O) groups is 3. The standard InChI is InChI=1S/C23H25N7O3S2.C18H15N5O3S2/c1-29(2)19(31)10-30(3)23(32)12-5-6-13-17(7-12)34-22-20(13)21(24-11-25-22)26-14-9-18-15(27-28-35-18)8-16(14)33-4;1-26-12-5-11-14(28-23-22-11)6-10(12)21-16-15-9-3-2-8(18(24)25)4-13(9)27-17(15)20-7-19-16/h8-9,11-12H,5-7,10H2,1-4H3,(H,24,25,26);5-8H,2-4H2,1H3,(H,24,25)(H,19,20,21)/t12-;8-/m00/s1. The number of likely N-dealkylation sites (N-methyl/N-ethyl adjacent to an activating group) is 2. The highest BCUT2D eigenvalue weighted by Gasteiger charge is 2.32. The number of rotatable bonds is 10. The molecule has 6 heterocycles. The zero-order valence-corrected chi connectivity index (χ0v) is 37.9. The number of methoxy groups -OCH3 is 2. The van der Waals surface area contributed by atoms with E-state index >= 15 is 0 Å². The zero-order chi connectivity index (χ0) is 43.9. The maximum absolute atomic E-state index is 13.0. The molecule has 0 saturated heterocycles. The van der Waals surface area contributed by atoms with Crippen LogP contribution in [0.2, 0.25) is 0 Å². The largest absolute Gasteiger partial charge is 0.494 e. The Morgan fingerprint density at radius 1 is 0.730 bits per heavy atom. The fourth-order valence-corrected chi connectivity index (χ4v) is 11.7. The first-order valence-electron chi connectivity index (χ1n) is 19.8. The number of carboxylic acid groups (broad SMARTS) is 1. The molecule has 2 aromatic carbocycles. The summed E-state index contributed by atoms with van der Waals surface area (Å²) < 4.78 is 21.0. The molecule has 8 aromatic rings. The molecular weight excluding hydrogens is 885 g/mol. The van der Waals surface area contributed by atoms with Crippen LogP contribution in [-0.2, 0) is 40.1 Å². The molecule has 18 nitrogen and oxygen atoms in total. The van der Waals surface area contributed by atoms with Crippen molar-refractivity contribution in [1.29, 1.82) is 0 Å². The van der Waals surface area contributed by atoms with Crippen molar-refractivity contribution in [3.05, 3.63) is 57.8 Å².